The molecule has 1 atom stereocenters. The molecule has 0 bridgehead atoms. The minimum atomic E-state index is -0.221. The SMILES string of the molecule is COc1cccc(C(=O)NCC(c2cccnc2)[NH+]2CCN(c3ccc(F)cc3)CC2)c1. The van der Waals surface area contributed by atoms with Crippen LogP contribution >= 0.6 is 0 Å². The largest absolute Gasteiger partial charge is 0.497 e. The summed E-state index contributed by atoms with van der Waals surface area (Å²) in [5.74, 6) is 0.313. The lowest BCUT2D eigenvalue weighted by Crippen LogP contribution is -3.15. The number of nitrogens with zero attached hydrogens (tertiary/aromatic N) is 2. The Bertz CT molecular complexity index is 1020. The maximum atomic E-state index is 13.3. The fourth-order valence-electron chi connectivity index (χ4n) is 4.19. The molecule has 1 aliphatic heterocycles. The highest BCUT2D eigenvalue weighted by atomic mass is 19.1. The molecule has 1 saturated heterocycles. The Balaban J connectivity index is 1.43. The molecule has 1 amide bonds. The number of nitrogens with one attached hydrogen (secondary N) is 2. The fraction of sp³-hybridized carbons (Fsp3) is 0.280. The summed E-state index contributed by atoms with van der Waals surface area (Å²) < 4.78 is 18.5. The van der Waals surface area contributed by atoms with Crippen molar-refractivity contribution >= 4 is 11.6 Å². The Kier molecular flexibility index (Phi) is 6.97. The Morgan fingerprint density at radius 3 is 2.62 bits per heavy atom. The van der Waals surface area contributed by atoms with E-state index in [0.717, 1.165) is 37.4 Å². The van der Waals surface area contributed by atoms with E-state index < -0.39 is 0 Å². The number of piperazine rings is 1. The first-order valence-corrected chi connectivity index (χ1v) is 10.8. The smallest absolute Gasteiger partial charge is 0.251 e. The third-order valence-electron chi connectivity index (χ3n) is 5.98. The van der Waals surface area contributed by atoms with Crippen LogP contribution in [0.15, 0.2) is 73.1 Å². The first-order valence-electron chi connectivity index (χ1n) is 10.8. The Morgan fingerprint density at radius 1 is 1.16 bits per heavy atom. The highest BCUT2D eigenvalue weighted by Crippen LogP contribution is 2.16. The number of carbonyl (C=O) groups excluding carboxylic acids is 1. The summed E-state index contributed by atoms with van der Waals surface area (Å²) in [4.78, 5) is 20.7. The molecule has 0 spiro atoms. The third kappa shape index (κ3) is 5.23. The molecular formula is C25H28FN4O2+. The fourth-order valence-corrected chi connectivity index (χ4v) is 4.19. The van der Waals surface area contributed by atoms with Crippen LogP contribution in [0.25, 0.3) is 0 Å². The molecule has 0 radical (unpaired) electrons. The van der Waals surface area contributed by atoms with E-state index in [4.69, 9.17) is 4.74 Å². The summed E-state index contributed by atoms with van der Waals surface area (Å²) in [6.07, 6.45) is 3.64. The van der Waals surface area contributed by atoms with Crippen LogP contribution in [0.4, 0.5) is 10.1 Å². The zero-order valence-electron chi connectivity index (χ0n) is 18.1. The average Bonchev–Trinajstić information content (AvgIpc) is 2.85. The van der Waals surface area contributed by atoms with E-state index in [9.17, 15) is 9.18 Å². The summed E-state index contributed by atoms with van der Waals surface area (Å²) >= 11 is 0. The quantitative estimate of drug-likeness (QED) is 0.597. The second kappa shape index (κ2) is 10.2. The highest BCUT2D eigenvalue weighted by molar-refractivity contribution is 5.94. The van der Waals surface area contributed by atoms with E-state index in [2.05, 4.69) is 21.3 Å². The van der Waals surface area contributed by atoms with E-state index in [1.807, 2.05) is 36.5 Å². The number of carbonyl (C=O) groups is 1. The van der Waals surface area contributed by atoms with Crippen LogP contribution in [0.3, 0.4) is 0 Å². The molecule has 4 rings (SSSR count). The summed E-state index contributed by atoms with van der Waals surface area (Å²) in [6.45, 7) is 4.05. The molecule has 2 N–H and O–H groups in total. The third-order valence-corrected chi connectivity index (χ3v) is 5.98. The number of benzene rings is 2. The number of ether oxygens (including phenoxy) is 1. The standard InChI is InChI=1S/C25H27FN4O2/c1-32-23-6-2-4-19(16-23)25(31)28-18-24(20-5-3-11-27-17-20)30-14-12-29(13-15-30)22-9-7-21(26)8-10-22/h2-11,16-17,24H,12-15,18H2,1H3,(H,28,31)/p+1. The molecule has 1 aromatic heterocycles. The monoisotopic (exact) mass is 435 g/mol. The van der Waals surface area contributed by atoms with Crippen LogP contribution in [0.5, 0.6) is 5.75 Å². The topological polar surface area (TPSA) is 58.9 Å². The predicted octanol–water partition coefficient (Wildman–Crippen LogP) is 2.11. The lowest BCUT2D eigenvalue weighted by Gasteiger charge is -2.37. The van der Waals surface area contributed by atoms with E-state index in [1.54, 1.807) is 25.4 Å². The van der Waals surface area contributed by atoms with Crippen molar-refractivity contribution in [1.82, 2.24) is 10.3 Å². The number of amides is 1. The van der Waals surface area contributed by atoms with Crippen molar-refractivity contribution in [2.45, 2.75) is 6.04 Å². The zero-order valence-corrected chi connectivity index (χ0v) is 18.1. The second-order valence-electron chi connectivity index (χ2n) is 7.90. The number of hydrogen-bond acceptors (Lipinski definition) is 4. The van der Waals surface area contributed by atoms with Gasteiger partial charge in [0.25, 0.3) is 5.91 Å². The first-order chi connectivity index (χ1) is 15.6. The zero-order chi connectivity index (χ0) is 22.3. The van der Waals surface area contributed by atoms with Crippen molar-refractivity contribution in [3.8, 4) is 5.75 Å². The van der Waals surface area contributed by atoms with E-state index in [1.165, 1.54) is 17.0 Å². The Labute approximate surface area is 187 Å². The van der Waals surface area contributed by atoms with Crippen LogP contribution in [-0.4, -0.2) is 50.7 Å². The molecule has 32 heavy (non-hydrogen) atoms. The van der Waals surface area contributed by atoms with E-state index >= 15 is 0 Å². The van der Waals surface area contributed by atoms with Gasteiger partial charge in [-0.1, -0.05) is 6.07 Å². The second-order valence-corrected chi connectivity index (χ2v) is 7.90. The number of aromatic nitrogens is 1. The number of quaternary nitrogens is 1. The van der Waals surface area contributed by atoms with Crippen molar-refractivity contribution in [3.63, 3.8) is 0 Å². The molecular weight excluding hydrogens is 407 g/mol. The first kappa shape index (κ1) is 21.8. The molecule has 1 unspecified atom stereocenters. The normalized spacial score (nSPS) is 15.2. The molecule has 1 aliphatic rings. The summed E-state index contributed by atoms with van der Waals surface area (Å²) in [7, 11) is 1.59. The van der Waals surface area contributed by atoms with Crippen molar-refractivity contribution in [1.29, 1.82) is 0 Å². The van der Waals surface area contributed by atoms with Gasteiger partial charge in [0.1, 0.15) is 17.6 Å². The van der Waals surface area contributed by atoms with Gasteiger partial charge in [0.15, 0.2) is 0 Å². The number of pyridine rings is 1. The molecule has 1 fully saturated rings. The molecule has 3 aromatic rings. The number of methoxy groups -OCH3 is 1. The van der Waals surface area contributed by atoms with Gasteiger partial charge in [-0.05, 0) is 54.6 Å². The van der Waals surface area contributed by atoms with Gasteiger partial charge < -0.3 is 19.9 Å². The van der Waals surface area contributed by atoms with Crippen molar-refractivity contribution in [2.24, 2.45) is 0 Å². The minimum Gasteiger partial charge on any atom is -0.497 e. The lowest BCUT2D eigenvalue weighted by molar-refractivity contribution is -0.931. The van der Waals surface area contributed by atoms with Crippen molar-refractivity contribution in [2.75, 3.05) is 44.7 Å². The minimum absolute atomic E-state index is 0.0913. The number of halogens is 1. The molecule has 0 aliphatic carbocycles. The van der Waals surface area contributed by atoms with Crippen molar-refractivity contribution < 1.29 is 18.8 Å². The van der Waals surface area contributed by atoms with Crippen LogP contribution in [-0.2, 0) is 0 Å². The van der Waals surface area contributed by atoms with Crippen LogP contribution < -0.4 is 19.9 Å². The molecule has 2 heterocycles. The maximum absolute atomic E-state index is 13.3. The lowest BCUT2D eigenvalue weighted by atomic mass is 10.1. The van der Waals surface area contributed by atoms with Crippen LogP contribution in [0.1, 0.15) is 22.0 Å². The van der Waals surface area contributed by atoms with Gasteiger partial charge in [0, 0.05) is 29.2 Å². The molecule has 2 aromatic carbocycles. The van der Waals surface area contributed by atoms with Gasteiger partial charge in [-0.3, -0.25) is 9.78 Å². The summed E-state index contributed by atoms with van der Waals surface area (Å²) in [6, 6.07) is 17.9. The van der Waals surface area contributed by atoms with Gasteiger partial charge in [-0.25, -0.2) is 4.39 Å². The number of rotatable bonds is 7. The molecule has 0 saturated carbocycles. The summed E-state index contributed by atoms with van der Waals surface area (Å²) in [5.41, 5.74) is 2.71. The molecule has 6 nitrogen and oxygen atoms in total. The number of anilines is 1. The van der Waals surface area contributed by atoms with Crippen molar-refractivity contribution in [3.05, 3.63) is 90.0 Å². The van der Waals surface area contributed by atoms with E-state index in [-0.39, 0.29) is 17.8 Å². The Morgan fingerprint density at radius 2 is 1.94 bits per heavy atom. The average molecular weight is 436 g/mol. The number of hydrogen-bond donors (Lipinski definition) is 2. The maximum Gasteiger partial charge on any atom is 0.251 e. The van der Waals surface area contributed by atoms with Gasteiger partial charge in [0.2, 0.25) is 0 Å². The molecule has 166 valence electrons. The predicted molar refractivity (Wildman–Crippen MR) is 122 cm³/mol. The molecule has 7 heteroatoms. The van der Waals surface area contributed by atoms with Crippen LogP contribution in [0.2, 0.25) is 0 Å². The summed E-state index contributed by atoms with van der Waals surface area (Å²) in [5, 5.41) is 3.10. The van der Waals surface area contributed by atoms with Gasteiger partial charge in [0.05, 0.1) is 39.8 Å². The van der Waals surface area contributed by atoms with E-state index in [0.29, 0.717) is 17.9 Å². The van der Waals surface area contributed by atoms with Gasteiger partial charge >= 0.3 is 0 Å². The Hall–Kier alpha value is -3.45. The van der Waals surface area contributed by atoms with Crippen LogP contribution in [0, 0.1) is 5.82 Å². The highest BCUT2D eigenvalue weighted by Gasteiger charge is 2.29. The van der Waals surface area contributed by atoms with Gasteiger partial charge in [-0.2, -0.15) is 0 Å². The van der Waals surface area contributed by atoms with Gasteiger partial charge in [-0.15, -0.1) is 0 Å².